The summed E-state index contributed by atoms with van der Waals surface area (Å²) in [6, 6.07) is 0. The van der Waals surface area contributed by atoms with E-state index in [1.54, 1.807) is 13.8 Å². The molecule has 0 fully saturated rings. The molecule has 0 atom stereocenters. The van der Waals surface area contributed by atoms with Crippen LogP contribution in [0, 0.1) is 0 Å². The Hall–Kier alpha value is -1.21. The van der Waals surface area contributed by atoms with Crippen LogP contribution in [0.5, 0.6) is 0 Å². The molecule has 0 aromatic heterocycles. The average Bonchev–Trinajstić information content (AvgIpc) is 2.16. The van der Waals surface area contributed by atoms with Crippen LogP contribution in [0.3, 0.4) is 0 Å². The molecule has 0 saturated carbocycles. The largest absolute Gasteiger partial charge is 0.481 e. The zero-order valence-corrected chi connectivity index (χ0v) is 11.1. The van der Waals surface area contributed by atoms with E-state index in [1.807, 2.05) is 0 Å². The quantitative estimate of drug-likeness (QED) is 0.470. The number of aliphatic carboxylic acids is 2. The molecule has 0 aromatic carbocycles. The highest BCUT2D eigenvalue weighted by Crippen LogP contribution is 2.42. The molecule has 0 heterocycles. The van der Waals surface area contributed by atoms with Crippen LogP contribution in [-0.2, 0) is 23.2 Å². The predicted octanol–water partition coefficient (Wildman–Crippen LogP) is 1.26. The van der Waals surface area contributed by atoms with Crippen molar-refractivity contribution in [3.63, 3.8) is 0 Å². The third-order valence-corrected chi connectivity index (χ3v) is 2.42. The minimum Gasteiger partial charge on any atom is -0.481 e. The van der Waals surface area contributed by atoms with E-state index in [2.05, 4.69) is 15.6 Å². The monoisotopic (exact) mass is 284 g/mol. The number of phosphoric ester groups is 1. The highest BCUT2D eigenvalue weighted by atomic mass is 31.2. The second-order valence-electron chi connectivity index (χ2n) is 2.78. The van der Waals surface area contributed by atoms with Crippen LogP contribution < -0.4 is 0 Å². The Morgan fingerprint density at radius 3 is 1.72 bits per heavy atom. The van der Waals surface area contributed by atoms with E-state index in [1.165, 1.54) is 0 Å². The van der Waals surface area contributed by atoms with Gasteiger partial charge in [0.2, 0.25) is 0 Å². The summed E-state index contributed by atoms with van der Waals surface area (Å²) in [5.74, 6) is -2.44. The fourth-order valence-corrected chi connectivity index (χ4v) is 1.35. The van der Waals surface area contributed by atoms with Gasteiger partial charge in [-0.15, -0.1) is 0 Å². The Balaban J connectivity index is 0. The SMILES string of the molecule is C=C(CC(=O)O)C(=O)O.CCOP(=O)(O)OCC. The van der Waals surface area contributed by atoms with E-state index in [-0.39, 0.29) is 18.8 Å². The first-order chi connectivity index (χ1) is 8.16. The minimum atomic E-state index is -3.69. The first-order valence-corrected chi connectivity index (χ1v) is 6.40. The highest BCUT2D eigenvalue weighted by Gasteiger charge is 2.17. The fourth-order valence-electron chi connectivity index (χ4n) is 0.622. The maximum atomic E-state index is 10.5. The molecular weight excluding hydrogens is 267 g/mol. The van der Waals surface area contributed by atoms with Crippen LogP contribution in [0.1, 0.15) is 20.3 Å². The molecule has 0 spiro atoms. The molecule has 106 valence electrons. The molecule has 0 radical (unpaired) electrons. The lowest BCUT2D eigenvalue weighted by molar-refractivity contribution is -0.139. The van der Waals surface area contributed by atoms with Crippen molar-refractivity contribution in [2.24, 2.45) is 0 Å². The predicted molar refractivity (Wildman–Crippen MR) is 62.1 cm³/mol. The van der Waals surface area contributed by atoms with Gasteiger partial charge in [-0.3, -0.25) is 13.8 Å². The number of phosphoric acid groups is 1. The number of rotatable bonds is 7. The fraction of sp³-hybridized carbons (Fsp3) is 0.556. The second kappa shape index (κ2) is 9.78. The van der Waals surface area contributed by atoms with E-state index in [9.17, 15) is 14.2 Å². The number of carboxylic acids is 2. The summed E-state index contributed by atoms with van der Waals surface area (Å²) in [4.78, 5) is 28.3. The van der Waals surface area contributed by atoms with Crippen molar-refractivity contribution in [2.75, 3.05) is 13.2 Å². The molecule has 0 rings (SSSR count). The maximum Gasteiger partial charge on any atom is 0.472 e. The van der Waals surface area contributed by atoms with Gasteiger partial charge in [0, 0.05) is 5.57 Å². The Morgan fingerprint density at radius 1 is 1.17 bits per heavy atom. The van der Waals surface area contributed by atoms with Crippen LogP contribution in [0.25, 0.3) is 0 Å². The lowest BCUT2D eigenvalue weighted by Gasteiger charge is -2.07. The Bertz CT molecular complexity index is 327. The molecule has 0 aromatic rings. The average molecular weight is 284 g/mol. The third-order valence-electron chi connectivity index (χ3n) is 1.25. The first kappa shape index (κ1) is 19.1. The lowest BCUT2D eigenvalue weighted by atomic mass is 10.2. The van der Waals surface area contributed by atoms with Crippen LogP contribution in [0.15, 0.2) is 12.2 Å². The van der Waals surface area contributed by atoms with Gasteiger partial charge in [-0.1, -0.05) is 6.58 Å². The molecule has 0 unspecified atom stereocenters. The van der Waals surface area contributed by atoms with Crippen molar-refractivity contribution >= 4 is 19.8 Å². The lowest BCUT2D eigenvalue weighted by Crippen LogP contribution is -2.04. The van der Waals surface area contributed by atoms with E-state index in [4.69, 9.17) is 15.1 Å². The van der Waals surface area contributed by atoms with Gasteiger partial charge in [0.1, 0.15) is 0 Å². The van der Waals surface area contributed by atoms with Crippen molar-refractivity contribution < 1.29 is 38.3 Å². The summed E-state index contributed by atoms with van der Waals surface area (Å²) >= 11 is 0. The number of carbonyl (C=O) groups is 2. The van der Waals surface area contributed by atoms with Crippen molar-refractivity contribution in [1.82, 2.24) is 0 Å². The molecule has 3 N–H and O–H groups in total. The molecule has 0 saturated heterocycles. The van der Waals surface area contributed by atoms with Crippen LogP contribution in [0.4, 0.5) is 0 Å². The summed E-state index contributed by atoms with van der Waals surface area (Å²) in [6.07, 6.45) is -0.505. The number of hydrogen-bond donors (Lipinski definition) is 3. The van der Waals surface area contributed by atoms with Gasteiger partial charge in [0.15, 0.2) is 0 Å². The number of carboxylic acid groups (broad SMARTS) is 2. The zero-order chi connectivity index (χ0) is 14.8. The van der Waals surface area contributed by atoms with Crippen LogP contribution in [-0.4, -0.2) is 40.3 Å². The Morgan fingerprint density at radius 2 is 1.56 bits per heavy atom. The van der Waals surface area contributed by atoms with Crippen molar-refractivity contribution in [3.8, 4) is 0 Å². The third kappa shape index (κ3) is 12.9. The first-order valence-electron chi connectivity index (χ1n) is 4.91. The van der Waals surface area contributed by atoms with Gasteiger partial charge < -0.3 is 15.1 Å². The normalized spacial score (nSPS) is 10.2. The van der Waals surface area contributed by atoms with E-state index >= 15 is 0 Å². The van der Waals surface area contributed by atoms with Crippen molar-refractivity contribution in [2.45, 2.75) is 20.3 Å². The molecule has 18 heavy (non-hydrogen) atoms. The molecule has 0 aliphatic carbocycles. The van der Waals surface area contributed by atoms with Crippen LogP contribution in [0.2, 0.25) is 0 Å². The Labute approximate surface area is 104 Å². The van der Waals surface area contributed by atoms with Gasteiger partial charge in [0.25, 0.3) is 0 Å². The van der Waals surface area contributed by atoms with E-state index in [0.717, 1.165) is 0 Å². The molecule has 0 aliphatic heterocycles. The highest BCUT2D eigenvalue weighted by molar-refractivity contribution is 7.47. The molecule has 0 amide bonds. The smallest absolute Gasteiger partial charge is 0.472 e. The van der Waals surface area contributed by atoms with Crippen LogP contribution >= 0.6 is 7.82 Å². The van der Waals surface area contributed by atoms with E-state index in [0.29, 0.717) is 0 Å². The van der Waals surface area contributed by atoms with Gasteiger partial charge in [-0.05, 0) is 13.8 Å². The zero-order valence-electron chi connectivity index (χ0n) is 10.2. The minimum absolute atomic E-state index is 0.188. The Kier molecular flexibility index (Phi) is 10.4. The second-order valence-corrected chi connectivity index (χ2v) is 4.24. The van der Waals surface area contributed by atoms with Gasteiger partial charge in [0.05, 0.1) is 19.6 Å². The summed E-state index contributed by atoms with van der Waals surface area (Å²) in [6.45, 7) is 6.64. The maximum absolute atomic E-state index is 10.5. The van der Waals surface area contributed by atoms with Gasteiger partial charge in [-0.2, -0.15) is 0 Å². The van der Waals surface area contributed by atoms with E-state index < -0.39 is 26.2 Å². The molecular formula is C9H17O8P. The van der Waals surface area contributed by atoms with Crippen molar-refractivity contribution in [3.05, 3.63) is 12.2 Å². The summed E-state index contributed by atoms with van der Waals surface area (Å²) in [5.41, 5.74) is -0.303. The molecule has 0 bridgehead atoms. The number of hydrogen-bond acceptors (Lipinski definition) is 5. The summed E-state index contributed by atoms with van der Waals surface area (Å²) < 4.78 is 19.2. The molecule has 0 aliphatic rings. The standard InChI is InChI=1S/C5H6O4.C4H11O4P/c1-3(5(8)9)2-4(6)7;1-3-7-9(5,6)8-4-2/h1-2H2,(H,6,7)(H,8,9);3-4H2,1-2H3,(H,5,6). The topological polar surface area (TPSA) is 130 Å². The molecule has 8 nitrogen and oxygen atoms in total. The summed E-state index contributed by atoms with van der Waals surface area (Å²) in [7, 11) is -3.69. The van der Waals surface area contributed by atoms with Gasteiger partial charge in [-0.25, -0.2) is 9.36 Å². The summed E-state index contributed by atoms with van der Waals surface area (Å²) in [5, 5.41) is 16.1. The van der Waals surface area contributed by atoms with Crippen molar-refractivity contribution in [1.29, 1.82) is 0 Å². The van der Waals surface area contributed by atoms with Gasteiger partial charge >= 0.3 is 19.8 Å². The molecule has 9 heteroatoms.